The number of rotatable bonds is 4. The maximum absolute atomic E-state index is 12.3. The van der Waals surface area contributed by atoms with Gasteiger partial charge in [-0.15, -0.1) is 11.3 Å². The summed E-state index contributed by atoms with van der Waals surface area (Å²) >= 11 is 1.65. The zero-order valence-electron chi connectivity index (χ0n) is 12.8. The Morgan fingerprint density at radius 1 is 1.12 bits per heavy atom. The highest BCUT2D eigenvalue weighted by molar-refractivity contribution is 7.13. The summed E-state index contributed by atoms with van der Waals surface area (Å²) in [7, 11) is 0. The van der Waals surface area contributed by atoms with Gasteiger partial charge in [0.2, 0.25) is 0 Å². The second-order valence-electron chi connectivity index (χ2n) is 5.48. The Labute approximate surface area is 143 Å². The molecule has 3 heterocycles. The lowest BCUT2D eigenvalue weighted by atomic mass is 10.2. The van der Waals surface area contributed by atoms with Crippen molar-refractivity contribution in [1.82, 2.24) is 15.3 Å². The molecule has 0 fully saturated rings. The Balaban J connectivity index is 1.48. The summed E-state index contributed by atoms with van der Waals surface area (Å²) in [6.45, 7) is 0.467. The Bertz CT molecular complexity index is 956. The topological polar surface area (TPSA) is 57.8 Å². The normalized spacial score (nSPS) is 10.8. The van der Waals surface area contributed by atoms with Crippen LogP contribution in [-0.2, 0) is 6.54 Å². The number of aromatic amines is 1. The van der Waals surface area contributed by atoms with E-state index in [0.717, 1.165) is 27.0 Å². The number of carbonyl (C=O) groups excluding carboxylic acids is 1. The summed E-state index contributed by atoms with van der Waals surface area (Å²) in [6, 6.07) is 17.7. The number of fused-ring (bicyclic) bond motifs is 1. The molecule has 1 aromatic carbocycles. The van der Waals surface area contributed by atoms with Gasteiger partial charge in [-0.1, -0.05) is 24.3 Å². The van der Waals surface area contributed by atoms with Crippen LogP contribution in [0.25, 0.3) is 21.5 Å². The minimum Gasteiger partial charge on any atom is -0.351 e. The van der Waals surface area contributed by atoms with Crippen LogP contribution in [0.4, 0.5) is 0 Å². The quantitative estimate of drug-likeness (QED) is 0.587. The van der Waals surface area contributed by atoms with Crippen LogP contribution in [-0.4, -0.2) is 15.9 Å². The van der Waals surface area contributed by atoms with E-state index in [4.69, 9.17) is 0 Å². The molecule has 0 aliphatic carbocycles. The molecular formula is C19H15N3OS. The number of hydrogen-bond acceptors (Lipinski definition) is 3. The molecule has 0 unspecified atom stereocenters. The third-order valence-corrected chi connectivity index (χ3v) is 4.72. The van der Waals surface area contributed by atoms with Crippen molar-refractivity contribution >= 4 is 28.1 Å². The first-order valence-corrected chi connectivity index (χ1v) is 8.52. The first-order valence-electron chi connectivity index (χ1n) is 7.64. The maximum atomic E-state index is 12.3. The molecule has 4 aromatic rings. The van der Waals surface area contributed by atoms with Gasteiger partial charge >= 0.3 is 0 Å². The average molecular weight is 333 g/mol. The average Bonchev–Trinajstić information content (AvgIpc) is 3.29. The molecule has 0 aliphatic heterocycles. The first-order chi connectivity index (χ1) is 11.8. The van der Waals surface area contributed by atoms with Crippen LogP contribution in [0.2, 0.25) is 0 Å². The summed E-state index contributed by atoms with van der Waals surface area (Å²) in [5.74, 6) is -0.110. The number of H-pyrrole nitrogens is 1. The number of amides is 1. The molecule has 1 amide bonds. The summed E-state index contributed by atoms with van der Waals surface area (Å²) < 4.78 is 0. The van der Waals surface area contributed by atoms with Crippen molar-refractivity contribution in [2.45, 2.75) is 6.54 Å². The molecular weight excluding hydrogens is 318 g/mol. The van der Waals surface area contributed by atoms with Gasteiger partial charge < -0.3 is 10.3 Å². The van der Waals surface area contributed by atoms with E-state index in [9.17, 15) is 4.79 Å². The lowest BCUT2D eigenvalue weighted by Crippen LogP contribution is -2.23. The first kappa shape index (κ1) is 14.7. The predicted molar refractivity (Wildman–Crippen MR) is 97.0 cm³/mol. The molecule has 0 radical (unpaired) electrons. The molecule has 2 N–H and O–H groups in total. The van der Waals surface area contributed by atoms with Crippen molar-refractivity contribution in [2.24, 2.45) is 0 Å². The van der Waals surface area contributed by atoms with E-state index in [1.807, 2.05) is 60.0 Å². The minimum absolute atomic E-state index is 0.110. The minimum atomic E-state index is -0.110. The molecule has 0 saturated heterocycles. The summed E-state index contributed by atoms with van der Waals surface area (Å²) in [6.07, 6.45) is 1.78. The lowest BCUT2D eigenvalue weighted by molar-refractivity contribution is 0.0946. The van der Waals surface area contributed by atoms with Crippen LogP contribution < -0.4 is 5.32 Å². The second kappa shape index (κ2) is 6.29. The lowest BCUT2D eigenvalue weighted by Gasteiger charge is -2.05. The molecule has 0 bridgehead atoms. The van der Waals surface area contributed by atoms with E-state index in [2.05, 4.69) is 15.3 Å². The van der Waals surface area contributed by atoms with E-state index in [-0.39, 0.29) is 5.91 Å². The standard InChI is InChI=1S/C19H15N3OS/c23-19(17-11-14-4-1-2-5-15(14)22-17)21-12-13-7-8-20-16(10-13)18-6-3-9-24-18/h1-11,22H,12H2,(H,21,23). The molecule has 5 heteroatoms. The fourth-order valence-corrected chi connectivity index (χ4v) is 3.31. The van der Waals surface area contributed by atoms with Gasteiger partial charge in [-0.05, 0) is 41.3 Å². The number of nitrogens with one attached hydrogen (secondary N) is 2. The van der Waals surface area contributed by atoms with Crippen molar-refractivity contribution in [1.29, 1.82) is 0 Å². The van der Waals surface area contributed by atoms with Crippen LogP contribution >= 0.6 is 11.3 Å². The van der Waals surface area contributed by atoms with Gasteiger partial charge in [0.25, 0.3) is 5.91 Å². The van der Waals surface area contributed by atoms with E-state index in [0.29, 0.717) is 12.2 Å². The summed E-state index contributed by atoms with van der Waals surface area (Å²) in [5.41, 5.74) is 3.50. The maximum Gasteiger partial charge on any atom is 0.267 e. The van der Waals surface area contributed by atoms with Crippen LogP contribution in [0.1, 0.15) is 16.1 Å². The van der Waals surface area contributed by atoms with Crippen molar-refractivity contribution < 1.29 is 4.79 Å². The zero-order chi connectivity index (χ0) is 16.4. The molecule has 118 valence electrons. The number of pyridine rings is 1. The van der Waals surface area contributed by atoms with Gasteiger partial charge in [-0.3, -0.25) is 9.78 Å². The van der Waals surface area contributed by atoms with Crippen LogP contribution in [0.5, 0.6) is 0 Å². The summed E-state index contributed by atoms with van der Waals surface area (Å²) in [5, 5.41) is 6.02. The molecule has 4 nitrogen and oxygen atoms in total. The molecule has 24 heavy (non-hydrogen) atoms. The number of benzene rings is 1. The van der Waals surface area contributed by atoms with Crippen molar-refractivity contribution in [3.8, 4) is 10.6 Å². The van der Waals surface area contributed by atoms with E-state index in [1.165, 1.54) is 0 Å². The van der Waals surface area contributed by atoms with Crippen molar-refractivity contribution in [2.75, 3.05) is 0 Å². The Kier molecular flexibility index (Phi) is 3.84. The largest absolute Gasteiger partial charge is 0.351 e. The predicted octanol–water partition coefficient (Wildman–Crippen LogP) is 4.22. The third kappa shape index (κ3) is 2.94. The van der Waals surface area contributed by atoms with Gasteiger partial charge in [0.05, 0.1) is 10.6 Å². The van der Waals surface area contributed by atoms with Gasteiger partial charge in [0.1, 0.15) is 5.69 Å². The number of carbonyl (C=O) groups is 1. The van der Waals surface area contributed by atoms with Crippen LogP contribution in [0.15, 0.2) is 66.2 Å². The Hall–Kier alpha value is -2.92. The Morgan fingerprint density at radius 3 is 2.88 bits per heavy atom. The molecule has 3 aromatic heterocycles. The van der Waals surface area contributed by atoms with Gasteiger partial charge in [0, 0.05) is 23.6 Å². The number of aromatic nitrogens is 2. The van der Waals surface area contributed by atoms with E-state index < -0.39 is 0 Å². The van der Waals surface area contributed by atoms with Gasteiger partial charge in [-0.2, -0.15) is 0 Å². The van der Waals surface area contributed by atoms with Crippen LogP contribution in [0.3, 0.4) is 0 Å². The highest BCUT2D eigenvalue weighted by Crippen LogP contribution is 2.23. The zero-order valence-corrected chi connectivity index (χ0v) is 13.6. The number of nitrogens with zero attached hydrogens (tertiary/aromatic N) is 1. The fourth-order valence-electron chi connectivity index (χ4n) is 2.62. The number of para-hydroxylation sites is 1. The highest BCUT2D eigenvalue weighted by Gasteiger charge is 2.09. The Morgan fingerprint density at radius 2 is 2.04 bits per heavy atom. The smallest absolute Gasteiger partial charge is 0.267 e. The van der Waals surface area contributed by atoms with Gasteiger partial charge in [0.15, 0.2) is 0 Å². The van der Waals surface area contributed by atoms with Crippen molar-refractivity contribution in [3.63, 3.8) is 0 Å². The third-order valence-electron chi connectivity index (χ3n) is 3.83. The molecule has 0 spiro atoms. The second-order valence-corrected chi connectivity index (χ2v) is 6.43. The van der Waals surface area contributed by atoms with E-state index >= 15 is 0 Å². The SMILES string of the molecule is O=C(NCc1ccnc(-c2cccs2)c1)c1cc2ccccc2[nH]1. The molecule has 0 aliphatic rings. The fraction of sp³-hybridized carbons (Fsp3) is 0.0526. The summed E-state index contributed by atoms with van der Waals surface area (Å²) in [4.78, 5) is 21.0. The monoisotopic (exact) mass is 333 g/mol. The number of thiophene rings is 1. The number of hydrogen-bond donors (Lipinski definition) is 2. The molecule has 0 atom stereocenters. The van der Waals surface area contributed by atoms with Crippen molar-refractivity contribution in [3.05, 3.63) is 77.4 Å². The molecule has 4 rings (SSSR count). The van der Waals surface area contributed by atoms with Gasteiger partial charge in [-0.25, -0.2) is 0 Å². The van der Waals surface area contributed by atoms with E-state index in [1.54, 1.807) is 17.5 Å². The molecule has 0 saturated carbocycles. The van der Waals surface area contributed by atoms with Crippen LogP contribution in [0, 0.1) is 0 Å². The highest BCUT2D eigenvalue weighted by atomic mass is 32.1.